The molecule has 1 saturated heterocycles. The summed E-state index contributed by atoms with van der Waals surface area (Å²) in [7, 11) is 0. The molecule has 3 rings (SSSR count). The lowest BCUT2D eigenvalue weighted by Gasteiger charge is -2.34. The van der Waals surface area contributed by atoms with Crippen molar-refractivity contribution in [3.63, 3.8) is 0 Å². The number of hydrogen-bond donors (Lipinski definition) is 1. The molecule has 2 aliphatic rings. The van der Waals surface area contributed by atoms with Crippen LogP contribution in [0.3, 0.4) is 0 Å². The van der Waals surface area contributed by atoms with Gasteiger partial charge < -0.3 is 10.2 Å². The molecule has 1 aliphatic carbocycles. The number of nitrogens with zero attached hydrogens (tertiary/aromatic N) is 2. The average Bonchev–Trinajstić information content (AvgIpc) is 3.07. The molecule has 2 fully saturated rings. The van der Waals surface area contributed by atoms with Gasteiger partial charge in [-0.05, 0) is 49.7 Å². The molecule has 22 heavy (non-hydrogen) atoms. The summed E-state index contributed by atoms with van der Waals surface area (Å²) in [5, 5.41) is 3.17. The van der Waals surface area contributed by atoms with Crippen LogP contribution in [0.4, 0.5) is 5.69 Å². The molecule has 4 nitrogen and oxygen atoms in total. The van der Waals surface area contributed by atoms with Gasteiger partial charge in [0, 0.05) is 44.1 Å². The van der Waals surface area contributed by atoms with E-state index in [1.54, 1.807) is 0 Å². The molecule has 1 aromatic rings. The predicted molar refractivity (Wildman–Crippen MR) is 88.8 cm³/mol. The number of carbonyl (C=O) groups is 1. The SMILES string of the molecule is O=C(CC1CCCC1)NCC1CCCN(c2ccncc2)C1. The fourth-order valence-electron chi connectivity index (χ4n) is 3.83. The standard InChI is InChI=1S/C18H27N3O/c22-18(12-15-4-1-2-5-15)20-13-16-6-3-11-21(14-16)17-7-9-19-10-8-17/h7-10,15-16H,1-6,11-14H2,(H,20,22). The van der Waals surface area contributed by atoms with Crippen molar-refractivity contribution in [2.75, 3.05) is 24.5 Å². The average molecular weight is 301 g/mol. The number of pyridine rings is 1. The molecule has 0 aromatic carbocycles. The van der Waals surface area contributed by atoms with E-state index in [1.807, 2.05) is 12.4 Å². The zero-order valence-electron chi connectivity index (χ0n) is 13.3. The molecule has 1 aliphatic heterocycles. The van der Waals surface area contributed by atoms with E-state index in [-0.39, 0.29) is 5.91 Å². The minimum absolute atomic E-state index is 0.257. The molecule has 1 aromatic heterocycles. The van der Waals surface area contributed by atoms with Gasteiger partial charge in [0.2, 0.25) is 5.91 Å². The monoisotopic (exact) mass is 301 g/mol. The minimum Gasteiger partial charge on any atom is -0.371 e. The minimum atomic E-state index is 0.257. The third kappa shape index (κ3) is 4.21. The first-order chi connectivity index (χ1) is 10.8. The Morgan fingerprint density at radius 2 is 1.86 bits per heavy atom. The molecule has 4 heteroatoms. The highest BCUT2D eigenvalue weighted by molar-refractivity contribution is 5.76. The van der Waals surface area contributed by atoms with Gasteiger partial charge in [0.15, 0.2) is 0 Å². The van der Waals surface area contributed by atoms with Crippen LogP contribution < -0.4 is 10.2 Å². The largest absolute Gasteiger partial charge is 0.371 e. The highest BCUT2D eigenvalue weighted by Crippen LogP contribution is 2.27. The highest BCUT2D eigenvalue weighted by atomic mass is 16.1. The van der Waals surface area contributed by atoms with Gasteiger partial charge in [-0.2, -0.15) is 0 Å². The van der Waals surface area contributed by atoms with Gasteiger partial charge in [0.05, 0.1) is 0 Å². The number of anilines is 1. The lowest BCUT2D eigenvalue weighted by Crippen LogP contribution is -2.41. The molecule has 1 amide bonds. The van der Waals surface area contributed by atoms with Gasteiger partial charge in [-0.25, -0.2) is 0 Å². The summed E-state index contributed by atoms with van der Waals surface area (Å²) in [5.41, 5.74) is 1.25. The number of nitrogens with one attached hydrogen (secondary N) is 1. The van der Waals surface area contributed by atoms with Crippen LogP contribution in [0.25, 0.3) is 0 Å². The molecule has 2 heterocycles. The lowest BCUT2D eigenvalue weighted by molar-refractivity contribution is -0.122. The van der Waals surface area contributed by atoms with Gasteiger partial charge in [0.1, 0.15) is 0 Å². The maximum atomic E-state index is 12.1. The fraction of sp³-hybridized carbons (Fsp3) is 0.667. The Balaban J connectivity index is 1.43. The van der Waals surface area contributed by atoms with E-state index in [2.05, 4.69) is 27.3 Å². The number of hydrogen-bond acceptors (Lipinski definition) is 3. The van der Waals surface area contributed by atoms with E-state index in [0.29, 0.717) is 11.8 Å². The van der Waals surface area contributed by atoms with E-state index in [9.17, 15) is 4.79 Å². The summed E-state index contributed by atoms with van der Waals surface area (Å²) in [4.78, 5) is 18.6. The zero-order chi connectivity index (χ0) is 15.2. The Morgan fingerprint density at radius 1 is 1.14 bits per heavy atom. The first-order valence-electron chi connectivity index (χ1n) is 8.73. The smallest absolute Gasteiger partial charge is 0.220 e. The van der Waals surface area contributed by atoms with E-state index < -0.39 is 0 Å². The predicted octanol–water partition coefficient (Wildman–Crippen LogP) is 2.99. The van der Waals surface area contributed by atoms with Crippen molar-refractivity contribution < 1.29 is 4.79 Å². The first-order valence-corrected chi connectivity index (χ1v) is 8.73. The van der Waals surface area contributed by atoms with E-state index in [0.717, 1.165) is 26.1 Å². The normalized spacial score (nSPS) is 22.7. The second kappa shape index (κ2) is 7.61. The molecule has 0 radical (unpaired) electrons. The topological polar surface area (TPSA) is 45.2 Å². The Bertz CT molecular complexity index is 470. The van der Waals surface area contributed by atoms with Crippen LogP contribution in [0.5, 0.6) is 0 Å². The molecule has 120 valence electrons. The molecule has 1 atom stereocenters. The van der Waals surface area contributed by atoms with Crippen molar-refractivity contribution in [3.8, 4) is 0 Å². The van der Waals surface area contributed by atoms with E-state index in [1.165, 1.54) is 44.2 Å². The molecule has 0 bridgehead atoms. The summed E-state index contributed by atoms with van der Waals surface area (Å²) in [6.45, 7) is 2.97. The van der Waals surface area contributed by atoms with Gasteiger partial charge in [-0.15, -0.1) is 0 Å². The Hall–Kier alpha value is -1.58. The maximum absolute atomic E-state index is 12.1. The van der Waals surface area contributed by atoms with Crippen molar-refractivity contribution in [1.29, 1.82) is 0 Å². The lowest BCUT2D eigenvalue weighted by atomic mass is 9.97. The van der Waals surface area contributed by atoms with E-state index >= 15 is 0 Å². The van der Waals surface area contributed by atoms with E-state index in [4.69, 9.17) is 0 Å². The fourth-order valence-corrected chi connectivity index (χ4v) is 3.83. The van der Waals surface area contributed by atoms with Crippen molar-refractivity contribution in [2.24, 2.45) is 11.8 Å². The third-order valence-electron chi connectivity index (χ3n) is 5.08. The van der Waals surface area contributed by atoms with Crippen LogP contribution in [0.15, 0.2) is 24.5 Å². The van der Waals surface area contributed by atoms with Gasteiger partial charge in [-0.3, -0.25) is 9.78 Å². The van der Waals surface area contributed by atoms with Crippen LogP contribution >= 0.6 is 0 Å². The van der Waals surface area contributed by atoms with Crippen molar-refractivity contribution in [1.82, 2.24) is 10.3 Å². The van der Waals surface area contributed by atoms with Crippen molar-refractivity contribution in [3.05, 3.63) is 24.5 Å². The summed E-state index contributed by atoms with van der Waals surface area (Å²) >= 11 is 0. The van der Waals surface area contributed by atoms with Gasteiger partial charge in [0.25, 0.3) is 0 Å². The molecular formula is C18H27N3O. The summed E-state index contributed by atoms with van der Waals surface area (Å²) in [5.74, 6) is 1.46. The molecular weight excluding hydrogens is 274 g/mol. The van der Waals surface area contributed by atoms with Gasteiger partial charge >= 0.3 is 0 Å². The Morgan fingerprint density at radius 3 is 2.64 bits per heavy atom. The maximum Gasteiger partial charge on any atom is 0.220 e. The van der Waals surface area contributed by atoms with Crippen LogP contribution in [0.1, 0.15) is 44.9 Å². The van der Waals surface area contributed by atoms with Crippen LogP contribution in [0.2, 0.25) is 0 Å². The second-order valence-electron chi connectivity index (χ2n) is 6.82. The molecule has 1 N–H and O–H groups in total. The number of aromatic nitrogens is 1. The molecule has 1 saturated carbocycles. The molecule has 1 unspecified atom stereocenters. The van der Waals surface area contributed by atoms with Crippen LogP contribution in [-0.4, -0.2) is 30.5 Å². The Kier molecular flexibility index (Phi) is 5.30. The first kappa shape index (κ1) is 15.3. The third-order valence-corrected chi connectivity index (χ3v) is 5.08. The second-order valence-corrected chi connectivity index (χ2v) is 6.82. The number of amides is 1. The quantitative estimate of drug-likeness (QED) is 0.909. The Labute approximate surface area is 133 Å². The van der Waals surface area contributed by atoms with Crippen LogP contribution in [-0.2, 0) is 4.79 Å². The number of rotatable bonds is 5. The zero-order valence-corrected chi connectivity index (χ0v) is 13.3. The molecule has 0 spiro atoms. The number of carbonyl (C=O) groups excluding carboxylic acids is 1. The summed E-state index contributed by atoms with van der Waals surface area (Å²) in [6, 6.07) is 4.14. The van der Waals surface area contributed by atoms with Crippen molar-refractivity contribution >= 4 is 11.6 Å². The summed E-state index contributed by atoms with van der Waals surface area (Å²) in [6.07, 6.45) is 11.9. The van der Waals surface area contributed by atoms with Crippen LogP contribution in [0, 0.1) is 11.8 Å². The number of piperidine rings is 1. The summed E-state index contributed by atoms with van der Waals surface area (Å²) < 4.78 is 0. The van der Waals surface area contributed by atoms with Crippen molar-refractivity contribution in [2.45, 2.75) is 44.9 Å². The van der Waals surface area contributed by atoms with Gasteiger partial charge in [-0.1, -0.05) is 12.8 Å². The highest BCUT2D eigenvalue weighted by Gasteiger charge is 2.22.